The van der Waals surface area contributed by atoms with E-state index in [-0.39, 0.29) is 5.91 Å². The maximum absolute atomic E-state index is 12.4. The summed E-state index contributed by atoms with van der Waals surface area (Å²) >= 11 is 1.77. The number of rotatable bonds is 6. The fourth-order valence-electron chi connectivity index (χ4n) is 3.04. The highest BCUT2D eigenvalue weighted by Crippen LogP contribution is 2.34. The van der Waals surface area contributed by atoms with Gasteiger partial charge in [-0.2, -0.15) is 0 Å². The van der Waals surface area contributed by atoms with Gasteiger partial charge in [-0.05, 0) is 49.9 Å². The van der Waals surface area contributed by atoms with E-state index in [1.165, 1.54) is 4.88 Å². The smallest absolute Gasteiger partial charge is 0.238 e. The fourth-order valence-corrected chi connectivity index (χ4v) is 3.94. The number of benzene rings is 1. The van der Waals surface area contributed by atoms with E-state index in [0.717, 1.165) is 30.8 Å². The second kappa shape index (κ2) is 7.62. The average Bonchev–Trinajstić information content (AvgIpc) is 3.20. The first kappa shape index (κ1) is 16.0. The lowest BCUT2D eigenvalue weighted by molar-refractivity contribution is -0.117. The van der Waals surface area contributed by atoms with Crippen LogP contribution in [0.5, 0.6) is 5.75 Å². The van der Waals surface area contributed by atoms with Gasteiger partial charge in [0.2, 0.25) is 5.91 Å². The van der Waals surface area contributed by atoms with Crippen LogP contribution in [0.2, 0.25) is 0 Å². The van der Waals surface area contributed by atoms with Crippen LogP contribution in [0.1, 0.15) is 30.7 Å². The number of amides is 1. The molecule has 4 nitrogen and oxygen atoms in total. The molecule has 23 heavy (non-hydrogen) atoms. The molecule has 2 aromatic rings. The predicted molar refractivity (Wildman–Crippen MR) is 94.1 cm³/mol. The van der Waals surface area contributed by atoms with Crippen molar-refractivity contribution in [3.63, 3.8) is 0 Å². The predicted octanol–water partition coefficient (Wildman–Crippen LogP) is 3.92. The molecule has 3 rings (SSSR count). The second-order valence-corrected chi connectivity index (χ2v) is 6.60. The molecule has 1 atom stereocenters. The van der Waals surface area contributed by atoms with Gasteiger partial charge < -0.3 is 10.1 Å². The van der Waals surface area contributed by atoms with Crippen LogP contribution in [0.3, 0.4) is 0 Å². The van der Waals surface area contributed by atoms with Gasteiger partial charge in [0.15, 0.2) is 0 Å². The summed E-state index contributed by atoms with van der Waals surface area (Å²) in [5.41, 5.74) is 0.742. The lowest BCUT2D eigenvalue weighted by Gasteiger charge is -2.23. The lowest BCUT2D eigenvalue weighted by Crippen LogP contribution is -2.32. The largest absolute Gasteiger partial charge is 0.492 e. The molecular formula is C18H22N2O2S. The Balaban J connectivity index is 1.63. The molecule has 0 radical (unpaired) electrons. The number of carbonyl (C=O) groups excluding carboxylic acids is 1. The van der Waals surface area contributed by atoms with Crippen LogP contribution in [-0.2, 0) is 4.79 Å². The molecule has 1 saturated heterocycles. The molecule has 122 valence electrons. The number of anilines is 1. The zero-order chi connectivity index (χ0) is 16.1. The Labute approximate surface area is 141 Å². The number of thiophene rings is 1. The van der Waals surface area contributed by atoms with Crippen molar-refractivity contribution in [3.8, 4) is 5.75 Å². The van der Waals surface area contributed by atoms with Gasteiger partial charge in [-0.1, -0.05) is 18.2 Å². The molecule has 0 bridgehead atoms. The van der Waals surface area contributed by atoms with Crippen molar-refractivity contribution in [3.05, 3.63) is 46.7 Å². The first-order valence-electron chi connectivity index (χ1n) is 8.07. The zero-order valence-electron chi connectivity index (χ0n) is 13.3. The van der Waals surface area contributed by atoms with Gasteiger partial charge in [0.05, 0.1) is 18.8 Å². The van der Waals surface area contributed by atoms with Gasteiger partial charge in [0, 0.05) is 10.9 Å². The summed E-state index contributed by atoms with van der Waals surface area (Å²) < 4.78 is 5.56. The minimum absolute atomic E-state index is 0.0145. The maximum Gasteiger partial charge on any atom is 0.238 e. The minimum Gasteiger partial charge on any atom is -0.492 e. The van der Waals surface area contributed by atoms with E-state index in [9.17, 15) is 4.79 Å². The summed E-state index contributed by atoms with van der Waals surface area (Å²) in [6, 6.07) is 12.2. The summed E-state index contributed by atoms with van der Waals surface area (Å²) in [6.07, 6.45) is 2.27. The van der Waals surface area contributed by atoms with Gasteiger partial charge >= 0.3 is 0 Å². The molecule has 1 amide bonds. The van der Waals surface area contributed by atoms with Crippen molar-refractivity contribution in [2.24, 2.45) is 0 Å². The van der Waals surface area contributed by atoms with E-state index in [1.54, 1.807) is 11.3 Å². The highest BCUT2D eigenvalue weighted by molar-refractivity contribution is 7.10. The molecule has 0 saturated carbocycles. The Hall–Kier alpha value is -1.85. The Morgan fingerprint density at radius 2 is 2.22 bits per heavy atom. The van der Waals surface area contributed by atoms with Crippen LogP contribution in [0.25, 0.3) is 0 Å². The summed E-state index contributed by atoms with van der Waals surface area (Å²) in [5.74, 6) is 0.736. The van der Waals surface area contributed by atoms with Crippen molar-refractivity contribution in [1.82, 2.24) is 4.90 Å². The zero-order valence-corrected chi connectivity index (χ0v) is 14.1. The first-order chi connectivity index (χ1) is 11.3. The van der Waals surface area contributed by atoms with E-state index < -0.39 is 0 Å². The standard InChI is InChI=1S/C18H22N2O2S/c1-2-22-16-9-4-3-7-14(16)19-18(21)13-20-11-5-8-15(20)17-10-6-12-23-17/h3-4,6-7,9-10,12,15H,2,5,8,11,13H2,1H3,(H,19,21). The number of nitrogens with zero attached hydrogens (tertiary/aromatic N) is 1. The van der Waals surface area contributed by atoms with Crippen LogP contribution in [0.4, 0.5) is 5.69 Å². The second-order valence-electron chi connectivity index (χ2n) is 5.62. The van der Waals surface area contributed by atoms with Crippen LogP contribution < -0.4 is 10.1 Å². The highest BCUT2D eigenvalue weighted by atomic mass is 32.1. The number of likely N-dealkylation sites (tertiary alicyclic amines) is 1. The molecule has 1 aliphatic heterocycles. The molecule has 2 heterocycles. The monoisotopic (exact) mass is 330 g/mol. The average molecular weight is 330 g/mol. The van der Waals surface area contributed by atoms with Crippen molar-refractivity contribution in [2.45, 2.75) is 25.8 Å². The van der Waals surface area contributed by atoms with Crippen LogP contribution in [0.15, 0.2) is 41.8 Å². The number of ether oxygens (including phenoxy) is 1. The Morgan fingerprint density at radius 3 is 3.00 bits per heavy atom. The molecular weight excluding hydrogens is 308 g/mol. The first-order valence-corrected chi connectivity index (χ1v) is 8.95. The minimum atomic E-state index is 0.0145. The molecule has 1 aromatic carbocycles. The van der Waals surface area contributed by atoms with E-state index in [2.05, 4.69) is 27.7 Å². The molecule has 1 fully saturated rings. The van der Waals surface area contributed by atoms with E-state index in [4.69, 9.17) is 4.74 Å². The molecule has 0 aliphatic carbocycles. The Bertz CT molecular complexity index is 642. The van der Waals surface area contributed by atoms with E-state index >= 15 is 0 Å². The molecule has 5 heteroatoms. The third-order valence-corrected chi connectivity index (χ3v) is 5.02. The summed E-state index contributed by atoms with van der Waals surface area (Å²) in [7, 11) is 0. The van der Waals surface area contributed by atoms with Gasteiger partial charge in [0.25, 0.3) is 0 Å². The third kappa shape index (κ3) is 3.92. The molecule has 1 aromatic heterocycles. The number of carbonyl (C=O) groups is 1. The quantitative estimate of drug-likeness (QED) is 0.873. The Morgan fingerprint density at radius 1 is 1.35 bits per heavy atom. The van der Waals surface area contributed by atoms with E-state index in [0.29, 0.717) is 19.2 Å². The maximum atomic E-state index is 12.4. The number of hydrogen-bond donors (Lipinski definition) is 1. The van der Waals surface area contributed by atoms with Crippen LogP contribution in [0, 0.1) is 0 Å². The molecule has 1 aliphatic rings. The molecule has 0 spiro atoms. The van der Waals surface area contributed by atoms with E-state index in [1.807, 2.05) is 31.2 Å². The summed E-state index contributed by atoms with van der Waals surface area (Å²) in [6.45, 7) is 3.92. The fraction of sp³-hybridized carbons (Fsp3) is 0.389. The Kier molecular flexibility index (Phi) is 5.31. The van der Waals surface area contributed by atoms with Crippen LogP contribution in [-0.4, -0.2) is 30.5 Å². The van der Waals surface area contributed by atoms with Gasteiger partial charge in [-0.15, -0.1) is 11.3 Å². The van der Waals surface area contributed by atoms with Gasteiger partial charge in [-0.25, -0.2) is 0 Å². The molecule has 1 N–H and O–H groups in total. The topological polar surface area (TPSA) is 41.6 Å². The number of para-hydroxylation sites is 2. The molecule has 1 unspecified atom stereocenters. The SMILES string of the molecule is CCOc1ccccc1NC(=O)CN1CCCC1c1cccs1. The number of hydrogen-bond acceptors (Lipinski definition) is 4. The van der Waals surface area contributed by atoms with Gasteiger partial charge in [0.1, 0.15) is 5.75 Å². The van der Waals surface area contributed by atoms with Crippen LogP contribution >= 0.6 is 11.3 Å². The lowest BCUT2D eigenvalue weighted by atomic mass is 10.2. The third-order valence-electron chi connectivity index (χ3n) is 4.04. The normalized spacial score (nSPS) is 18.0. The van der Waals surface area contributed by atoms with Crippen molar-refractivity contribution >= 4 is 22.9 Å². The van der Waals surface area contributed by atoms with Crippen molar-refractivity contribution < 1.29 is 9.53 Å². The van der Waals surface area contributed by atoms with Crippen molar-refractivity contribution in [2.75, 3.05) is 25.0 Å². The summed E-state index contributed by atoms with van der Waals surface area (Å²) in [5, 5.41) is 5.09. The highest BCUT2D eigenvalue weighted by Gasteiger charge is 2.28. The summed E-state index contributed by atoms with van der Waals surface area (Å²) in [4.78, 5) is 16.1. The number of nitrogens with one attached hydrogen (secondary N) is 1. The van der Waals surface area contributed by atoms with Gasteiger partial charge in [-0.3, -0.25) is 9.69 Å². The van der Waals surface area contributed by atoms with Crippen molar-refractivity contribution in [1.29, 1.82) is 0 Å².